The number of hydrogen-bond acceptors (Lipinski definition) is 5. The van der Waals surface area contributed by atoms with Crippen LogP contribution in [0.3, 0.4) is 0 Å². The Morgan fingerprint density at radius 2 is 1.81 bits per heavy atom. The SMILES string of the molecule is O=C(N/N=C/c1ccsc1)c1ccc(CN2c3cccc4cccc(c34)S2(=O)=O)cc1. The number of thiophene rings is 1. The van der Waals surface area contributed by atoms with Crippen LogP contribution in [0.1, 0.15) is 21.5 Å². The molecule has 0 fully saturated rings. The first kappa shape index (κ1) is 19.5. The van der Waals surface area contributed by atoms with Crippen LogP contribution in [0.2, 0.25) is 0 Å². The van der Waals surface area contributed by atoms with Crippen LogP contribution in [0.4, 0.5) is 5.69 Å². The molecule has 0 bridgehead atoms. The second-order valence-electron chi connectivity index (χ2n) is 7.10. The monoisotopic (exact) mass is 447 g/mol. The molecule has 0 aliphatic carbocycles. The second-order valence-corrected chi connectivity index (χ2v) is 9.71. The zero-order chi connectivity index (χ0) is 21.4. The molecule has 0 unspecified atom stereocenters. The highest BCUT2D eigenvalue weighted by Crippen LogP contribution is 2.42. The lowest BCUT2D eigenvalue weighted by Crippen LogP contribution is -2.26. The third kappa shape index (κ3) is 3.49. The van der Waals surface area contributed by atoms with Crippen LogP contribution in [-0.2, 0) is 16.6 Å². The highest BCUT2D eigenvalue weighted by atomic mass is 32.2. The van der Waals surface area contributed by atoms with Gasteiger partial charge in [-0.2, -0.15) is 16.4 Å². The fourth-order valence-electron chi connectivity index (χ4n) is 3.63. The zero-order valence-electron chi connectivity index (χ0n) is 16.2. The van der Waals surface area contributed by atoms with E-state index in [0.29, 0.717) is 16.1 Å². The Morgan fingerprint density at radius 3 is 2.55 bits per heavy atom. The minimum Gasteiger partial charge on any atom is -0.267 e. The van der Waals surface area contributed by atoms with Gasteiger partial charge < -0.3 is 0 Å². The van der Waals surface area contributed by atoms with Crippen molar-refractivity contribution in [1.82, 2.24) is 5.43 Å². The van der Waals surface area contributed by atoms with Gasteiger partial charge >= 0.3 is 0 Å². The van der Waals surface area contributed by atoms with Crippen LogP contribution in [0.25, 0.3) is 10.8 Å². The molecular formula is C23H17N3O3S2. The van der Waals surface area contributed by atoms with Crippen molar-refractivity contribution in [3.8, 4) is 0 Å². The van der Waals surface area contributed by atoms with E-state index >= 15 is 0 Å². The predicted octanol–water partition coefficient (Wildman–Crippen LogP) is 4.37. The van der Waals surface area contributed by atoms with Gasteiger partial charge in [-0.05, 0) is 52.0 Å². The molecule has 154 valence electrons. The molecule has 8 heteroatoms. The number of nitrogens with one attached hydrogen (secondary N) is 1. The molecule has 3 aromatic carbocycles. The average Bonchev–Trinajstić information content (AvgIpc) is 3.37. The number of nitrogens with zero attached hydrogens (tertiary/aromatic N) is 2. The Morgan fingerprint density at radius 1 is 1.03 bits per heavy atom. The van der Waals surface area contributed by atoms with E-state index in [1.807, 2.05) is 41.1 Å². The van der Waals surface area contributed by atoms with Crippen LogP contribution in [-0.4, -0.2) is 20.5 Å². The van der Waals surface area contributed by atoms with Crippen LogP contribution in [0.15, 0.2) is 87.5 Å². The first-order valence-corrected chi connectivity index (χ1v) is 11.9. The topological polar surface area (TPSA) is 78.8 Å². The Kier molecular flexibility index (Phi) is 4.80. The van der Waals surface area contributed by atoms with Crippen molar-refractivity contribution in [3.63, 3.8) is 0 Å². The van der Waals surface area contributed by atoms with E-state index in [1.165, 1.54) is 4.31 Å². The number of amides is 1. The number of anilines is 1. The average molecular weight is 448 g/mol. The lowest BCUT2D eigenvalue weighted by molar-refractivity contribution is 0.0955. The van der Waals surface area contributed by atoms with E-state index in [2.05, 4.69) is 10.5 Å². The Bertz CT molecular complexity index is 1410. The van der Waals surface area contributed by atoms with E-state index in [-0.39, 0.29) is 12.5 Å². The minimum absolute atomic E-state index is 0.189. The number of hydrazone groups is 1. The number of carbonyl (C=O) groups excluding carboxylic acids is 1. The van der Waals surface area contributed by atoms with Gasteiger partial charge in [0.25, 0.3) is 15.9 Å². The van der Waals surface area contributed by atoms with Gasteiger partial charge in [-0.15, -0.1) is 0 Å². The fraction of sp³-hybridized carbons (Fsp3) is 0.0435. The van der Waals surface area contributed by atoms with Gasteiger partial charge in [-0.25, -0.2) is 13.8 Å². The molecule has 1 aliphatic heterocycles. The van der Waals surface area contributed by atoms with Gasteiger partial charge in [0, 0.05) is 16.5 Å². The molecule has 0 saturated heterocycles. The smallest absolute Gasteiger partial charge is 0.267 e. The van der Waals surface area contributed by atoms with Crippen LogP contribution < -0.4 is 9.73 Å². The maximum Gasteiger partial charge on any atom is 0.271 e. The van der Waals surface area contributed by atoms with Crippen LogP contribution in [0, 0.1) is 0 Å². The van der Waals surface area contributed by atoms with Crippen molar-refractivity contribution in [3.05, 3.63) is 94.2 Å². The minimum atomic E-state index is -3.62. The van der Waals surface area contributed by atoms with Crippen molar-refractivity contribution in [2.45, 2.75) is 11.4 Å². The molecule has 6 nitrogen and oxygen atoms in total. The number of rotatable bonds is 5. The van der Waals surface area contributed by atoms with E-state index in [9.17, 15) is 13.2 Å². The maximum absolute atomic E-state index is 13.1. The Hall–Kier alpha value is -3.49. The highest BCUT2D eigenvalue weighted by molar-refractivity contribution is 7.93. The fourth-order valence-corrected chi connectivity index (χ4v) is 5.94. The molecule has 1 amide bonds. The first-order chi connectivity index (χ1) is 15.0. The van der Waals surface area contributed by atoms with Crippen LogP contribution in [0.5, 0.6) is 0 Å². The van der Waals surface area contributed by atoms with Gasteiger partial charge in [0.1, 0.15) is 0 Å². The third-order valence-corrected chi connectivity index (χ3v) is 7.65. The van der Waals surface area contributed by atoms with Crippen molar-refractivity contribution < 1.29 is 13.2 Å². The number of benzene rings is 3. The molecule has 1 aliphatic rings. The van der Waals surface area contributed by atoms with Gasteiger partial charge in [-0.1, -0.05) is 36.4 Å². The molecule has 0 atom stereocenters. The summed E-state index contributed by atoms with van der Waals surface area (Å²) in [7, 11) is -3.62. The number of carbonyl (C=O) groups is 1. The summed E-state index contributed by atoms with van der Waals surface area (Å²) in [6.45, 7) is 0.189. The molecule has 0 spiro atoms. The molecule has 1 aromatic heterocycles. The molecule has 2 heterocycles. The second kappa shape index (κ2) is 7.64. The first-order valence-electron chi connectivity index (χ1n) is 9.53. The largest absolute Gasteiger partial charge is 0.271 e. The lowest BCUT2D eigenvalue weighted by atomic mass is 10.1. The standard InChI is InChI=1S/C23H17N3O3S2/c27-23(25-24-13-17-11-12-30-15-17)19-9-7-16(8-10-19)14-26-20-5-1-3-18-4-2-6-21(22(18)20)31(26,28)29/h1-13,15H,14H2,(H,25,27)/b24-13+. The number of hydrogen-bond donors (Lipinski definition) is 1. The molecule has 5 rings (SSSR count). The van der Waals surface area contributed by atoms with Gasteiger partial charge in [0.2, 0.25) is 0 Å². The highest BCUT2D eigenvalue weighted by Gasteiger charge is 2.35. The van der Waals surface area contributed by atoms with Gasteiger partial charge in [-0.3, -0.25) is 9.10 Å². The normalized spacial score (nSPS) is 14.4. The van der Waals surface area contributed by atoms with E-state index in [1.54, 1.807) is 53.9 Å². The summed E-state index contributed by atoms with van der Waals surface area (Å²) in [5.74, 6) is -0.330. The molecule has 31 heavy (non-hydrogen) atoms. The summed E-state index contributed by atoms with van der Waals surface area (Å²) in [5.41, 5.74) is 5.32. The summed E-state index contributed by atoms with van der Waals surface area (Å²) >= 11 is 1.55. The Balaban J connectivity index is 1.34. The summed E-state index contributed by atoms with van der Waals surface area (Å²) in [5, 5.41) is 9.47. The summed E-state index contributed by atoms with van der Waals surface area (Å²) < 4.78 is 27.6. The quantitative estimate of drug-likeness (QED) is 0.364. The number of sulfonamides is 1. The van der Waals surface area contributed by atoms with E-state index < -0.39 is 10.0 Å². The zero-order valence-corrected chi connectivity index (χ0v) is 17.9. The molecular weight excluding hydrogens is 430 g/mol. The molecule has 1 N–H and O–H groups in total. The van der Waals surface area contributed by atoms with Crippen molar-refractivity contribution in [2.75, 3.05) is 4.31 Å². The predicted molar refractivity (Wildman–Crippen MR) is 123 cm³/mol. The maximum atomic E-state index is 13.1. The lowest BCUT2D eigenvalue weighted by Gasteiger charge is -2.19. The summed E-state index contributed by atoms with van der Waals surface area (Å²) in [4.78, 5) is 12.6. The van der Waals surface area contributed by atoms with Crippen molar-refractivity contribution >= 4 is 49.9 Å². The summed E-state index contributed by atoms with van der Waals surface area (Å²) in [6, 6.07) is 19.7. The van der Waals surface area contributed by atoms with E-state index in [0.717, 1.165) is 21.9 Å². The third-order valence-electron chi connectivity index (χ3n) is 5.15. The van der Waals surface area contributed by atoms with Gasteiger partial charge in [0.05, 0.1) is 23.3 Å². The van der Waals surface area contributed by atoms with E-state index in [4.69, 9.17) is 0 Å². The van der Waals surface area contributed by atoms with Crippen molar-refractivity contribution in [1.29, 1.82) is 0 Å². The van der Waals surface area contributed by atoms with Crippen molar-refractivity contribution in [2.24, 2.45) is 5.10 Å². The summed E-state index contributed by atoms with van der Waals surface area (Å²) in [6.07, 6.45) is 1.58. The molecule has 0 radical (unpaired) electrons. The van der Waals surface area contributed by atoms with Gasteiger partial charge in [0.15, 0.2) is 0 Å². The van der Waals surface area contributed by atoms with Crippen LogP contribution >= 0.6 is 11.3 Å². The Labute approximate surface area is 183 Å². The molecule has 4 aromatic rings. The molecule has 0 saturated carbocycles.